The van der Waals surface area contributed by atoms with E-state index in [0.717, 1.165) is 25.1 Å². The van der Waals surface area contributed by atoms with Gasteiger partial charge in [-0.25, -0.2) is 0 Å². The Morgan fingerprint density at radius 2 is 1.71 bits per heavy atom. The molecule has 0 fully saturated rings. The first kappa shape index (κ1) is 15.6. The Morgan fingerprint density at radius 1 is 1.00 bits per heavy atom. The molecule has 2 rings (SSSR count). The van der Waals surface area contributed by atoms with Crippen LogP contribution in [-0.2, 0) is 12.8 Å². The molecule has 1 unspecified atom stereocenters. The van der Waals surface area contributed by atoms with Gasteiger partial charge in [0.05, 0.1) is 7.11 Å². The van der Waals surface area contributed by atoms with Crippen LogP contribution in [-0.4, -0.2) is 19.7 Å². The van der Waals surface area contributed by atoms with Gasteiger partial charge in [-0.3, -0.25) is 0 Å². The van der Waals surface area contributed by atoms with E-state index in [1.54, 1.807) is 7.11 Å². The molecule has 0 saturated carbocycles. The number of hydrogen-bond acceptors (Lipinski definition) is 2. The highest BCUT2D eigenvalue weighted by molar-refractivity contribution is 5.29. The molecule has 112 valence electrons. The topological polar surface area (TPSA) is 21.3 Å². The number of ether oxygens (including phenoxy) is 1. The van der Waals surface area contributed by atoms with Crippen LogP contribution >= 0.6 is 0 Å². The van der Waals surface area contributed by atoms with E-state index < -0.39 is 0 Å². The van der Waals surface area contributed by atoms with Crippen molar-refractivity contribution in [1.29, 1.82) is 0 Å². The van der Waals surface area contributed by atoms with Crippen molar-refractivity contribution in [3.05, 3.63) is 65.2 Å². The van der Waals surface area contributed by atoms with Crippen molar-refractivity contribution in [2.24, 2.45) is 0 Å². The van der Waals surface area contributed by atoms with Gasteiger partial charge in [-0.1, -0.05) is 43.3 Å². The molecule has 0 amide bonds. The number of methoxy groups -OCH3 is 1. The Balaban J connectivity index is 2.06. The molecule has 21 heavy (non-hydrogen) atoms. The minimum atomic E-state index is 0.462. The minimum absolute atomic E-state index is 0.462. The molecule has 0 bridgehead atoms. The van der Waals surface area contributed by atoms with Crippen molar-refractivity contribution in [1.82, 2.24) is 5.32 Å². The molecule has 0 heterocycles. The van der Waals surface area contributed by atoms with Crippen LogP contribution in [0.25, 0.3) is 0 Å². The predicted octanol–water partition coefficient (Wildman–Crippen LogP) is 3.77. The molecular weight excluding hydrogens is 258 g/mol. The summed E-state index contributed by atoms with van der Waals surface area (Å²) in [6.07, 6.45) is 2.10. The SMILES string of the molecule is CCNC(Cc1ccc(OC)cc1)Cc1ccccc1C. The van der Waals surface area contributed by atoms with E-state index in [1.165, 1.54) is 16.7 Å². The molecule has 0 aliphatic rings. The van der Waals surface area contributed by atoms with Crippen LogP contribution in [0.15, 0.2) is 48.5 Å². The number of nitrogens with one attached hydrogen (secondary N) is 1. The number of aryl methyl sites for hydroxylation is 1. The van der Waals surface area contributed by atoms with E-state index in [9.17, 15) is 0 Å². The summed E-state index contributed by atoms with van der Waals surface area (Å²) in [5.74, 6) is 0.914. The van der Waals surface area contributed by atoms with Crippen LogP contribution in [0.4, 0.5) is 0 Å². The molecule has 1 atom stereocenters. The highest BCUT2D eigenvalue weighted by Crippen LogP contribution is 2.16. The summed E-state index contributed by atoms with van der Waals surface area (Å²) in [5, 5.41) is 3.60. The van der Waals surface area contributed by atoms with Crippen LogP contribution in [0, 0.1) is 6.92 Å². The third-order valence-electron chi connectivity index (χ3n) is 3.86. The van der Waals surface area contributed by atoms with Crippen LogP contribution in [0.2, 0.25) is 0 Å². The summed E-state index contributed by atoms with van der Waals surface area (Å²) in [4.78, 5) is 0. The lowest BCUT2D eigenvalue weighted by molar-refractivity contribution is 0.414. The predicted molar refractivity (Wildman–Crippen MR) is 89.0 cm³/mol. The maximum Gasteiger partial charge on any atom is 0.118 e. The van der Waals surface area contributed by atoms with Crippen LogP contribution in [0.3, 0.4) is 0 Å². The third kappa shape index (κ3) is 4.61. The van der Waals surface area contributed by atoms with Crippen molar-refractivity contribution in [3.8, 4) is 5.75 Å². The van der Waals surface area contributed by atoms with Crippen molar-refractivity contribution >= 4 is 0 Å². The van der Waals surface area contributed by atoms with E-state index >= 15 is 0 Å². The van der Waals surface area contributed by atoms with Crippen LogP contribution in [0.5, 0.6) is 5.75 Å². The highest BCUT2D eigenvalue weighted by Gasteiger charge is 2.11. The molecular formula is C19H25NO. The maximum atomic E-state index is 5.22. The minimum Gasteiger partial charge on any atom is -0.497 e. The first-order valence-electron chi connectivity index (χ1n) is 7.63. The first-order chi connectivity index (χ1) is 10.2. The summed E-state index contributed by atoms with van der Waals surface area (Å²) in [7, 11) is 1.70. The largest absolute Gasteiger partial charge is 0.497 e. The van der Waals surface area contributed by atoms with Gasteiger partial charge in [-0.05, 0) is 55.1 Å². The fourth-order valence-corrected chi connectivity index (χ4v) is 2.66. The zero-order valence-corrected chi connectivity index (χ0v) is 13.2. The molecule has 2 aromatic carbocycles. The van der Waals surface area contributed by atoms with Crippen LogP contribution < -0.4 is 10.1 Å². The fourth-order valence-electron chi connectivity index (χ4n) is 2.66. The average Bonchev–Trinajstić information content (AvgIpc) is 2.50. The van der Waals surface area contributed by atoms with Gasteiger partial charge in [0.1, 0.15) is 5.75 Å². The molecule has 2 aromatic rings. The molecule has 0 aromatic heterocycles. The highest BCUT2D eigenvalue weighted by atomic mass is 16.5. The molecule has 0 radical (unpaired) electrons. The lowest BCUT2D eigenvalue weighted by atomic mass is 9.96. The first-order valence-corrected chi connectivity index (χ1v) is 7.63. The number of hydrogen-bond donors (Lipinski definition) is 1. The van der Waals surface area contributed by atoms with Gasteiger partial charge in [0.2, 0.25) is 0 Å². The summed E-state index contributed by atoms with van der Waals surface area (Å²) in [6, 6.07) is 17.5. The van der Waals surface area contributed by atoms with Crippen molar-refractivity contribution in [2.45, 2.75) is 32.7 Å². The Bertz CT molecular complexity index is 548. The molecule has 0 aliphatic heterocycles. The van der Waals surface area contributed by atoms with Gasteiger partial charge in [-0.15, -0.1) is 0 Å². The Labute approximate surface area is 128 Å². The Hall–Kier alpha value is -1.80. The third-order valence-corrected chi connectivity index (χ3v) is 3.86. The second kappa shape index (κ2) is 7.84. The summed E-state index contributed by atoms with van der Waals surface area (Å²) in [5.41, 5.74) is 4.14. The van der Waals surface area contributed by atoms with E-state index in [2.05, 4.69) is 55.6 Å². The lowest BCUT2D eigenvalue weighted by Gasteiger charge is -2.19. The zero-order valence-electron chi connectivity index (χ0n) is 13.2. The van der Waals surface area contributed by atoms with E-state index in [-0.39, 0.29) is 0 Å². The van der Waals surface area contributed by atoms with E-state index in [0.29, 0.717) is 6.04 Å². The second-order valence-electron chi connectivity index (χ2n) is 5.44. The van der Waals surface area contributed by atoms with E-state index in [1.807, 2.05) is 12.1 Å². The molecule has 2 heteroatoms. The number of rotatable bonds is 7. The van der Waals surface area contributed by atoms with Gasteiger partial charge in [0.15, 0.2) is 0 Å². The smallest absolute Gasteiger partial charge is 0.118 e. The summed E-state index contributed by atoms with van der Waals surface area (Å²) < 4.78 is 5.22. The Kier molecular flexibility index (Phi) is 5.82. The van der Waals surface area contributed by atoms with Crippen molar-refractivity contribution in [3.63, 3.8) is 0 Å². The quantitative estimate of drug-likeness (QED) is 0.835. The van der Waals surface area contributed by atoms with E-state index in [4.69, 9.17) is 4.74 Å². The molecule has 0 aliphatic carbocycles. The zero-order chi connectivity index (χ0) is 15.1. The average molecular weight is 283 g/mol. The molecule has 2 nitrogen and oxygen atoms in total. The Morgan fingerprint density at radius 3 is 2.33 bits per heavy atom. The van der Waals surface area contributed by atoms with Gasteiger partial charge < -0.3 is 10.1 Å². The summed E-state index contributed by atoms with van der Waals surface area (Å²) in [6.45, 7) is 5.34. The number of benzene rings is 2. The lowest BCUT2D eigenvalue weighted by Crippen LogP contribution is -2.33. The van der Waals surface area contributed by atoms with Gasteiger partial charge >= 0.3 is 0 Å². The summed E-state index contributed by atoms with van der Waals surface area (Å²) >= 11 is 0. The van der Waals surface area contributed by atoms with Crippen LogP contribution in [0.1, 0.15) is 23.6 Å². The van der Waals surface area contributed by atoms with Gasteiger partial charge in [0, 0.05) is 6.04 Å². The monoisotopic (exact) mass is 283 g/mol. The van der Waals surface area contributed by atoms with Crippen molar-refractivity contribution in [2.75, 3.05) is 13.7 Å². The maximum absolute atomic E-state index is 5.22. The second-order valence-corrected chi connectivity index (χ2v) is 5.44. The molecule has 1 N–H and O–H groups in total. The normalized spacial score (nSPS) is 12.1. The fraction of sp³-hybridized carbons (Fsp3) is 0.368. The van der Waals surface area contributed by atoms with Gasteiger partial charge in [-0.2, -0.15) is 0 Å². The standard InChI is InChI=1S/C19H25NO/c1-4-20-18(14-17-8-6-5-7-15(17)2)13-16-9-11-19(21-3)12-10-16/h5-12,18,20H,4,13-14H2,1-3H3. The molecule has 0 spiro atoms. The van der Waals surface area contributed by atoms with Gasteiger partial charge in [0.25, 0.3) is 0 Å². The van der Waals surface area contributed by atoms with Crippen molar-refractivity contribution < 1.29 is 4.74 Å². The molecule has 0 saturated heterocycles. The number of likely N-dealkylation sites (N-methyl/N-ethyl adjacent to an activating group) is 1.